The van der Waals surface area contributed by atoms with E-state index >= 15 is 0 Å². The van der Waals surface area contributed by atoms with Gasteiger partial charge in [0.25, 0.3) is 6.43 Å². The molecular formula is C13H23F2N3O. The molecule has 1 aromatic heterocycles. The molecule has 0 aliphatic carbocycles. The van der Waals surface area contributed by atoms with Crippen LogP contribution in [0.25, 0.3) is 0 Å². The summed E-state index contributed by atoms with van der Waals surface area (Å²) in [5.74, 6) is 1.02. The molecule has 6 heteroatoms. The van der Waals surface area contributed by atoms with Crippen molar-refractivity contribution in [1.82, 2.24) is 14.9 Å². The third-order valence-corrected chi connectivity index (χ3v) is 2.92. The molecule has 4 nitrogen and oxygen atoms in total. The van der Waals surface area contributed by atoms with Gasteiger partial charge in [0.1, 0.15) is 12.4 Å². The van der Waals surface area contributed by atoms with Crippen LogP contribution in [0, 0.1) is 0 Å². The molecule has 0 aliphatic heterocycles. The number of aryl methyl sites for hydroxylation is 1. The number of nitrogens with one attached hydrogen (secondary N) is 1. The van der Waals surface area contributed by atoms with Crippen LogP contribution in [0.5, 0.6) is 0 Å². The van der Waals surface area contributed by atoms with Crippen LogP contribution >= 0.6 is 0 Å². The van der Waals surface area contributed by atoms with Crippen molar-refractivity contribution in [1.29, 1.82) is 0 Å². The van der Waals surface area contributed by atoms with Gasteiger partial charge in [-0.05, 0) is 19.9 Å². The number of alkyl halides is 2. The van der Waals surface area contributed by atoms with Gasteiger partial charge >= 0.3 is 0 Å². The van der Waals surface area contributed by atoms with Gasteiger partial charge in [-0.25, -0.2) is 13.8 Å². The number of ether oxygens (including phenoxy) is 1. The average Bonchev–Trinajstić information content (AvgIpc) is 2.81. The fourth-order valence-electron chi connectivity index (χ4n) is 2.00. The number of imidazole rings is 1. The van der Waals surface area contributed by atoms with E-state index in [1.807, 2.05) is 13.1 Å². The van der Waals surface area contributed by atoms with Gasteiger partial charge in [-0.1, -0.05) is 6.92 Å². The highest BCUT2D eigenvalue weighted by molar-refractivity contribution is 4.95. The van der Waals surface area contributed by atoms with Crippen molar-refractivity contribution in [3.8, 4) is 0 Å². The topological polar surface area (TPSA) is 39.1 Å². The highest BCUT2D eigenvalue weighted by atomic mass is 19.3. The summed E-state index contributed by atoms with van der Waals surface area (Å²) >= 11 is 0. The zero-order valence-electron chi connectivity index (χ0n) is 11.6. The van der Waals surface area contributed by atoms with Crippen molar-refractivity contribution < 1.29 is 13.5 Å². The number of hydrogen-bond acceptors (Lipinski definition) is 3. The molecule has 0 bridgehead atoms. The Hall–Kier alpha value is -1.01. The lowest BCUT2D eigenvalue weighted by Crippen LogP contribution is -2.33. The van der Waals surface area contributed by atoms with Gasteiger partial charge in [0, 0.05) is 38.0 Å². The summed E-state index contributed by atoms with van der Waals surface area (Å²) in [6.45, 7) is 5.68. The molecule has 0 fully saturated rings. The van der Waals surface area contributed by atoms with Crippen LogP contribution in [0.15, 0.2) is 12.4 Å². The number of aromatic nitrogens is 2. The second-order valence-corrected chi connectivity index (χ2v) is 4.34. The van der Waals surface area contributed by atoms with E-state index in [1.54, 1.807) is 6.20 Å². The van der Waals surface area contributed by atoms with Gasteiger partial charge < -0.3 is 14.6 Å². The Kier molecular flexibility index (Phi) is 7.59. The van der Waals surface area contributed by atoms with Crippen molar-refractivity contribution in [2.75, 3.05) is 19.8 Å². The van der Waals surface area contributed by atoms with Crippen molar-refractivity contribution in [3.05, 3.63) is 18.2 Å². The lowest BCUT2D eigenvalue weighted by atomic mass is 10.1. The Morgan fingerprint density at radius 1 is 1.42 bits per heavy atom. The Balaban J connectivity index is 2.39. The molecule has 1 rings (SSSR count). The number of halogens is 2. The van der Waals surface area contributed by atoms with Gasteiger partial charge in [0.15, 0.2) is 0 Å². The second kappa shape index (κ2) is 8.98. The smallest absolute Gasteiger partial charge is 0.261 e. The van der Waals surface area contributed by atoms with Gasteiger partial charge in [0.2, 0.25) is 0 Å². The standard InChI is InChI=1S/C13H23F2N3O/c1-3-16-11(5-8-19-10-12(14)15)9-13-17-6-7-18(13)4-2/h6-7,11-12,16H,3-5,8-10H2,1-2H3. The lowest BCUT2D eigenvalue weighted by Gasteiger charge is -2.18. The average molecular weight is 275 g/mol. The summed E-state index contributed by atoms with van der Waals surface area (Å²) in [5.41, 5.74) is 0. The quantitative estimate of drug-likeness (QED) is 0.665. The molecule has 0 saturated carbocycles. The Labute approximate surface area is 113 Å². The first-order chi connectivity index (χ1) is 9.17. The van der Waals surface area contributed by atoms with Gasteiger partial charge in [0.05, 0.1) is 0 Å². The number of nitrogens with zero attached hydrogens (tertiary/aromatic N) is 2. The fraction of sp³-hybridized carbons (Fsp3) is 0.769. The molecule has 1 unspecified atom stereocenters. The SMILES string of the molecule is CCNC(CCOCC(F)F)Cc1nccn1CC. The summed E-state index contributed by atoms with van der Waals surface area (Å²) in [4.78, 5) is 4.33. The highest BCUT2D eigenvalue weighted by Crippen LogP contribution is 2.06. The Bertz CT molecular complexity index is 344. The van der Waals surface area contributed by atoms with Crippen molar-refractivity contribution in [2.24, 2.45) is 0 Å². The van der Waals surface area contributed by atoms with E-state index in [1.165, 1.54) is 0 Å². The summed E-state index contributed by atoms with van der Waals surface area (Å²) in [7, 11) is 0. The molecule has 0 aliphatic rings. The van der Waals surface area contributed by atoms with Crippen LogP contribution in [-0.2, 0) is 17.7 Å². The molecule has 1 atom stereocenters. The first kappa shape index (κ1) is 16.0. The van der Waals surface area contributed by atoms with Crippen molar-refractivity contribution in [2.45, 2.75) is 45.7 Å². The van der Waals surface area contributed by atoms with E-state index in [0.717, 1.165) is 25.3 Å². The van der Waals surface area contributed by atoms with E-state index in [4.69, 9.17) is 4.74 Å². The maximum Gasteiger partial charge on any atom is 0.261 e. The first-order valence-corrected chi connectivity index (χ1v) is 6.76. The fourth-order valence-corrected chi connectivity index (χ4v) is 2.00. The zero-order chi connectivity index (χ0) is 14.1. The summed E-state index contributed by atoms with van der Waals surface area (Å²) in [6.07, 6.45) is 2.83. The van der Waals surface area contributed by atoms with Crippen LogP contribution in [-0.4, -0.2) is 41.8 Å². The molecule has 1 aromatic rings. The molecule has 110 valence electrons. The first-order valence-electron chi connectivity index (χ1n) is 6.76. The molecule has 0 aromatic carbocycles. The molecular weight excluding hydrogens is 252 g/mol. The zero-order valence-corrected chi connectivity index (χ0v) is 11.6. The molecule has 0 radical (unpaired) electrons. The third-order valence-electron chi connectivity index (χ3n) is 2.92. The largest absolute Gasteiger partial charge is 0.375 e. The van der Waals surface area contributed by atoms with Crippen LogP contribution in [0.4, 0.5) is 8.78 Å². The van der Waals surface area contributed by atoms with Crippen LogP contribution in [0.3, 0.4) is 0 Å². The molecule has 1 N–H and O–H groups in total. The van der Waals surface area contributed by atoms with Crippen LogP contribution < -0.4 is 5.32 Å². The van der Waals surface area contributed by atoms with Crippen LogP contribution in [0.2, 0.25) is 0 Å². The van der Waals surface area contributed by atoms with Crippen molar-refractivity contribution >= 4 is 0 Å². The minimum atomic E-state index is -2.39. The predicted octanol–water partition coefficient (Wildman–Crippen LogP) is 2.10. The van der Waals surface area contributed by atoms with Crippen molar-refractivity contribution in [3.63, 3.8) is 0 Å². The lowest BCUT2D eigenvalue weighted by molar-refractivity contribution is 0.0144. The Morgan fingerprint density at radius 2 is 2.21 bits per heavy atom. The monoisotopic (exact) mass is 275 g/mol. The number of hydrogen-bond donors (Lipinski definition) is 1. The van der Waals surface area contributed by atoms with E-state index in [-0.39, 0.29) is 6.04 Å². The van der Waals surface area contributed by atoms with E-state index < -0.39 is 13.0 Å². The second-order valence-electron chi connectivity index (χ2n) is 4.34. The minimum absolute atomic E-state index is 0.204. The van der Waals surface area contributed by atoms with Gasteiger partial charge in [-0.3, -0.25) is 0 Å². The summed E-state index contributed by atoms with van der Waals surface area (Å²) in [6, 6.07) is 0.204. The summed E-state index contributed by atoms with van der Waals surface area (Å²) < 4.78 is 30.9. The van der Waals surface area contributed by atoms with E-state index in [9.17, 15) is 8.78 Å². The van der Waals surface area contributed by atoms with E-state index in [0.29, 0.717) is 13.0 Å². The van der Waals surface area contributed by atoms with Crippen LogP contribution in [0.1, 0.15) is 26.1 Å². The molecule has 0 spiro atoms. The molecule has 1 heterocycles. The normalized spacial score (nSPS) is 13.1. The van der Waals surface area contributed by atoms with Gasteiger partial charge in [-0.2, -0.15) is 0 Å². The third kappa shape index (κ3) is 6.11. The summed E-state index contributed by atoms with van der Waals surface area (Å²) in [5, 5.41) is 3.34. The number of likely N-dealkylation sites (N-methyl/N-ethyl adjacent to an activating group) is 1. The molecule has 0 amide bonds. The maximum atomic E-state index is 12.0. The number of rotatable bonds is 10. The predicted molar refractivity (Wildman–Crippen MR) is 70.5 cm³/mol. The highest BCUT2D eigenvalue weighted by Gasteiger charge is 2.12. The van der Waals surface area contributed by atoms with Gasteiger partial charge in [-0.15, -0.1) is 0 Å². The van der Waals surface area contributed by atoms with E-state index in [2.05, 4.69) is 21.8 Å². The Morgan fingerprint density at radius 3 is 2.84 bits per heavy atom. The maximum absolute atomic E-state index is 12.0. The minimum Gasteiger partial charge on any atom is -0.375 e. The molecule has 0 saturated heterocycles. The molecule has 19 heavy (non-hydrogen) atoms.